The van der Waals surface area contributed by atoms with Crippen LogP contribution in [-0.4, -0.2) is 25.6 Å². The minimum atomic E-state index is 0.0732. The number of aromatic nitrogens is 2. The molecule has 22 heavy (non-hydrogen) atoms. The molecule has 0 spiro atoms. The van der Waals surface area contributed by atoms with E-state index in [1.165, 1.54) is 11.4 Å². The fourth-order valence-corrected chi connectivity index (χ4v) is 3.62. The quantitative estimate of drug-likeness (QED) is 0.883. The molecule has 3 rings (SSSR count). The summed E-state index contributed by atoms with van der Waals surface area (Å²) in [6.45, 7) is 6.48. The number of pyridine rings is 1. The van der Waals surface area contributed by atoms with E-state index >= 15 is 0 Å². The van der Waals surface area contributed by atoms with Crippen molar-refractivity contribution in [1.82, 2.24) is 19.8 Å². The largest absolute Gasteiger partial charge is 0.352 e. The zero-order valence-corrected chi connectivity index (χ0v) is 14.3. The maximum atomic E-state index is 5.60. The summed E-state index contributed by atoms with van der Waals surface area (Å²) in [7, 11) is 2.11. The Bertz CT molecular complexity index is 677. The molecule has 3 heterocycles. The van der Waals surface area contributed by atoms with Gasteiger partial charge in [-0.2, -0.15) is 0 Å². The number of aryl methyl sites for hydroxylation is 1. The number of thiocarbonyl (C=S) groups is 1. The third kappa shape index (κ3) is 2.39. The SMILES string of the molecule is Cc1ccc([C@H]2[C@H](c3ccccn3)NC(=S)N2C(C)C)n1C. The normalized spacial score (nSPS) is 21.5. The molecule has 1 N–H and O–H groups in total. The summed E-state index contributed by atoms with van der Waals surface area (Å²) in [5.74, 6) is 0. The van der Waals surface area contributed by atoms with Crippen molar-refractivity contribution in [2.75, 3.05) is 0 Å². The van der Waals surface area contributed by atoms with Gasteiger partial charge in [0.25, 0.3) is 0 Å². The average Bonchev–Trinajstić information content (AvgIpc) is 3.01. The first-order valence-corrected chi connectivity index (χ1v) is 8.03. The first kappa shape index (κ1) is 15.0. The molecule has 0 aliphatic carbocycles. The highest BCUT2D eigenvalue weighted by Gasteiger charge is 2.42. The summed E-state index contributed by atoms with van der Waals surface area (Å²) in [5, 5.41) is 4.27. The van der Waals surface area contributed by atoms with Crippen LogP contribution in [0.4, 0.5) is 0 Å². The molecule has 0 saturated carbocycles. The summed E-state index contributed by atoms with van der Waals surface area (Å²) in [6.07, 6.45) is 1.84. The number of hydrogen-bond acceptors (Lipinski definition) is 2. The molecule has 4 nitrogen and oxygen atoms in total. The zero-order valence-electron chi connectivity index (χ0n) is 13.4. The van der Waals surface area contributed by atoms with Crippen LogP contribution in [0.1, 0.15) is 43.0 Å². The summed E-state index contributed by atoms with van der Waals surface area (Å²) in [6, 6.07) is 10.9. The van der Waals surface area contributed by atoms with Gasteiger partial charge in [-0.1, -0.05) is 6.07 Å². The summed E-state index contributed by atoms with van der Waals surface area (Å²) in [4.78, 5) is 6.82. The Labute approximate surface area is 137 Å². The minimum Gasteiger partial charge on any atom is -0.352 e. The van der Waals surface area contributed by atoms with E-state index in [9.17, 15) is 0 Å². The van der Waals surface area contributed by atoms with E-state index in [1.807, 2.05) is 18.3 Å². The van der Waals surface area contributed by atoms with E-state index in [2.05, 4.69) is 65.8 Å². The topological polar surface area (TPSA) is 33.1 Å². The Morgan fingerprint density at radius 1 is 1.23 bits per heavy atom. The van der Waals surface area contributed by atoms with E-state index in [4.69, 9.17) is 12.2 Å². The Morgan fingerprint density at radius 2 is 2.00 bits per heavy atom. The molecule has 5 heteroatoms. The monoisotopic (exact) mass is 314 g/mol. The average molecular weight is 314 g/mol. The van der Waals surface area contributed by atoms with Crippen LogP contribution >= 0.6 is 12.2 Å². The molecule has 0 radical (unpaired) electrons. The molecule has 1 aliphatic rings. The highest BCUT2D eigenvalue weighted by atomic mass is 32.1. The predicted octanol–water partition coefficient (Wildman–Crippen LogP) is 3.11. The Hall–Kier alpha value is -1.88. The lowest BCUT2D eigenvalue weighted by Crippen LogP contribution is -2.36. The highest BCUT2D eigenvalue weighted by Crippen LogP contribution is 2.39. The van der Waals surface area contributed by atoms with Gasteiger partial charge in [0.1, 0.15) is 0 Å². The molecule has 2 aromatic rings. The fourth-order valence-electron chi connectivity index (χ4n) is 3.17. The van der Waals surface area contributed by atoms with Crippen molar-refractivity contribution in [3.63, 3.8) is 0 Å². The zero-order chi connectivity index (χ0) is 15.9. The predicted molar refractivity (Wildman–Crippen MR) is 92.6 cm³/mol. The van der Waals surface area contributed by atoms with E-state index < -0.39 is 0 Å². The lowest BCUT2D eigenvalue weighted by Gasteiger charge is -2.31. The van der Waals surface area contributed by atoms with Crippen LogP contribution in [-0.2, 0) is 7.05 Å². The smallest absolute Gasteiger partial charge is 0.170 e. The Balaban J connectivity index is 2.09. The van der Waals surface area contributed by atoms with Gasteiger partial charge in [-0.25, -0.2) is 0 Å². The van der Waals surface area contributed by atoms with Gasteiger partial charge in [-0.15, -0.1) is 0 Å². The van der Waals surface area contributed by atoms with Gasteiger partial charge in [0.2, 0.25) is 0 Å². The third-order valence-corrected chi connectivity index (χ3v) is 4.74. The van der Waals surface area contributed by atoms with Crippen molar-refractivity contribution in [2.45, 2.75) is 38.9 Å². The van der Waals surface area contributed by atoms with Gasteiger partial charge < -0.3 is 14.8 Å². The van der Waals surface area contributed by atoms with Gasteiger partial charge >= 0.3 is 0 Å². The summed E-state index contributed by atoms with van der Waals surface area (Å²) < 4.78 is 2.24. The summed E-state index contributed by atoms with van der Waals surface area (Å²) >= 11 is 5.60. The fraction of sp³-hybridized carbons (Fsp3) is 0.412. The maximum Gasteiger partial charge on any atom is 0.170 e. The van der Waals surface area contributed by atoms with Crippen molar-refractivity contribution in [2.24, 2.45) is 7.05 Å². The van der Waals surface area contributed by atoms with Gasteiger partial charge in [0.05, 0.1) is 17.8 Å². The molecular weight excluding hydrogens is 292 g/mol. The van der Waals surface area contributed by atoms with Gasteiger partial charge in [-0.3, -0.25) is 4.98 Å². The van der Waals surface area contributed by atoms with Crippen LogP contribution in [0.15, 0.2) is 36.5 Å². The first-order chi connectivity index (χ1) is 10.5. The van der Waals surface area contributed by atoms with Crippen molar-refractivity contribution < 1.29 is 0 Å². The van der Waals surface area contributed by atoms with Gasteiger partial charge in [0.15, 0.2) is 5.11 Å². The molecule has 116 valence electrons. The van der Waals surface area contributed by atoms with Crippen molar-refractivity contribution >= 4 is 17.3 Å². The number of hydrogen-bond donors (Lipinski definition) is 1. The lowest BCUT2D eigenvalue weighted by atomic mass is 10.0. The molecule has 0 unspecified atom stereocenters. The second-order valence-corrected chi connectivity index (χ2v) is 6.47. The van der Waals surface area contributed by atoms with Crippen molar-refractivity contribution in [1.29, 1.82) is 0 Å². The molecule has 1 fully saturated rings. The van der Waals surface area contributed by atoms with Crippen LogP contribution in [0.2, 0.25) is 0 Å². The minimum absolute atomic E-state index is 0.0732. The first-order valence-electron chi connectivity index (χ1n) is 7.62. The number of nitrogens with one attached hydrogen (secondary N) is 1. The van der Waals surface area contributed by atoms with E-state index in [0.29, 0.717) is 6.04 Å². The van der Waals surface area contributed by atoms with E-state index in [1.54, 1.807) is 0 Å². The number of rotatable bonds is 3. The van der Waals surface area contributed by atoms with Crippen LogP contribution in [0.25, 0.3) is 0 Å². The molecule has 1 aliphatic heterocycles. The lowest BCUT2D eigenvalue weighted by molar-refractivity contribution is 0.260. The van der Waals surface area contributed by atoms with Crippen molar-refractivity contribution in [3.05, 3.63) is 53.6 Å². The molecule has 1 saturated heterocycles. The Morgan fingerprint density at radius 3 is 2.55 bits per heavy atom. The molecule has 0 bridgehead atoms. The number of nitrogens with zero attached hydrogens (tertiary/aromatic N) is 3. The molecule has 0 aromatic carbocycles. The van der Waals surface area contributed by atoms with Crippen LogP contribution in [0, 0.1) is 6.92 Å². The standard InChI is InChI=1S/C17H22N4S/c1-11(2)21-16(14-9-8-12(3)20(14)4)15(19-17(21)22)13-7-5-6-10-18-13/h5-11,15-16H,1-4H3,(H,19,22)/t15-,16-/m0/s1. The molecule has 0 amide bonds. The summed E-state index contributed by atoms with van der Waals surface area (Å²) in [5.41, 5.74) is 3.53. The van der Waals surface area contributed by atoms with Crippen LogP contribution in [0.5, 0.6) is 0 Å². The molecule has 2 aromatic heterocycles. The maximum absolute atomic E-state index is 5.60. The molecule has 2 atom stereocenters. The molecular formula is C17H22N4S. The van der Waals surface area contributed by atoms with Gasteiger partial charge in [-0.05, 0) is 57.3 Å². The second kappa shape index (κ2) is 5.72. The van der Waals surface area contributed by atoms with E-state index in [0.717, 1.165) is 10.8 Å². The van der Waals surface area contributed by atoms with Crippen molar-refractivity contribution in [3.8, 4) is 0 Å². The third-order valence-electron chi connectivity index (χ3n) is 4.41. The Kier molecular flexibility index (Phi) is 3.91. The second-order valence-electron chi connectivity index (χ2n) is 6.09. The van der Waals surface area contributed by atoms with Crippen LogP contribution < -0.4 is 5.32 Å². The highest BCUT2D eigenvalue weighted by molar-refractivity contribution is 7.80. The van der Waals surface area contributed by atoms with Crippen LogP contribution in [0.3, 0.4) is 0 Å². The van der Waals surface area contributed by atoms with Gasteiger partial charge in [0, 0.05) is 30.7 Å². The van der Waals surface area contributed by atoms with E-state index in [-0.39, 0.29) is 12.1 Å².